The van der Waals surface area contributed by atoms with Gasteiger partial charge in [-0.1, -0.05) is 30.3 Å². The number of amides is 1. The molecule has 0 saturated heterocycles. The zero-order valence-electron chi connectivity index (χ0n) is 11.9. The zero-order valence-corrected chi connectivity index (χ0v) is 11.9. The quantitative estimate of drug-likeness (QED) is 0.902. The Labute approximate surface area is 119 Å². The second-order valence-electron chi connectivity index (χ2n) is 4.73. The molecular weight excluding hydrogens is 252 g/mol. The summed E-state index contributed by atoms with van der Waals surface area (Å²) in [4.78, 5) is 14.1. The van der Waals surface area contributed by atoms with Crippen molar-refractivity contribution in [2.75, 3.05) is 19.3 Å². The second kappa shape index (κ2) is 6.23. The molecule has 1 aromatic carbocycles. The Hall–Kier alpha value is -2.30. The lowest BCUT2D eigenvalue weighted by atomic mass is 10.1. The highest BCUT2D eigenvalue weighted by Gasteiger charge is 2.19. The number of anilines is 1. The number of rotatable bonds is 5. The molecule has 1 heterocycles. The number of carbonyl (C=O) groups excluding carboxylic acids is 1. The summed E-state index contributed by atoms with van der Waals surface area (Å²) in [7, 11) is 1.79. The number of aromatic nitrogens is 2. The molecule has 0 bridgehead atoms. The highest BCUT2D eigenvalue weighted by atomic mass is 16.2. The average molecular weight is 272 g/mol. The van der Waals surface area contributed by atoms with Gasteiger partial charge in [-0.3, -0.25) is 9.48 Å². The summed E-state index contributed by atoms with van der Waals surface area (Å²) < 4.78 is 1.64. The summed E-state index contributed by atoms with van der Waals surface area (Å²) in [5, 5.41) is 4.10. The lowest BCUT2D eigenvalue weighted by Crippen LogP contribution is -2.31. The topological polar surface area (TPSA) is 64.2 Å². The smallest absolute Gasteiger partial charge is 0.274 e. The van der Waals surface area contributed by atoms with E-state index >= 15 is 0 Å². The highest BCUT2D eigenvalue weighted by Crippen LogP contribution is 2.13. The molecule has 20 heavy (non-hydrogen) atoms. The number of likely N-dealkylation sites (N-methyl/N-ethyl adjacent to an activating group) is 1. The Morgan fingerprint density at radius 1 is 1.35 bits per heavy atom. The molecule has 106 valence electrons. The minimum absolute atomic E-state index is 0.0854. The summed E-state index contributed by atoms with van der Waals surface area (Å²) in [5.41, 5.74) is 7.95. The maximum absolute atomic E-state index is 12.4. The third-order valence-corrected chi connectivity index (χ3v) is 3.30. The van der Waals surface area contributed by atoms with E-state index in [1.807, 2.05) is 25.1 Å². The highest BCUT2D eigenvalue weighted by molar-refractivity contribution is 5.97. The molecule has 2 aromatic rings. The zero-order chi connectivity index (χ0) is 14.5. The van der Waals surface area contributed by atoms with Gasteiger partial charge in [-0.25, -0.2) is 0 Å². The number of nitrogens with two attached hydrogens (primary N) is 1. The molecule has 0 aliphatic carbocycles. The van der Waals surface area contributed by atoms with Crippen molar-refractivity contribution in [2.45, 2.75) is 19.9 Å². The fourth-order valence-corrected chi connectivity index (χ4v) is 2.10. The van der Waals surface area contributed by atoms with E-state index in [4.69, 9.17) is 5.73 Å². The monoisotopic (exact) mass is 272 g/mol. The number of benzene rings is 1. The summed E-state index contributed by atoms with van der Waals surface area (Å²) in [6.45, 7) is 3.22. The van der Waals surface area contributed by atoms with Crippen molar-refractivity contribution in [1.82, 2.24) is 14.7 Å². The van der Waals surface area contributed by atoms with Crippen molar-refractivity contribution in [3.8, 4) is 0 Å². The molecule has 0 radical (unpaired) electrons. The molecule has 1 amide bonds. The van der Waals surface area contributed by atoms with Gasteiger partial charge in [0.05, 0.1) is 11.9 Å². The molecule has 2 rings (SSSR count). The van der Waals surface area contributed by atoms with E-state index in [-0.39, 0.29) is 5.91 Å². The van der Waals surface area contributed by atoms with Crippen LogP contribution >= 0.6 is 0 Å². The van der Waals surface area contributed by atoms with Crippen LogP contribution in [-0.2, 0) is 13.0 Å². The van der Waals surface area contributed by atoms with Gasteiger partial charge in [0.1, 0.15) is 5.69 Å². The van der Waals surface area contributed by atoms with Gasteiger partial charge in [-0.2, -0.15) is 5.10 Å². The number of carbonyl (C=O) groups is 1. The number of hydrogen-bond donors (Lipinski definition) is 1. The summed E-state index contributed by atoms with van der Waals surface area (Å²) in [6, 6.07) is 10.1. The minimum Gasteiger partial charge on any atom is -0.396 e. The average Bonchev–Trinajstić information content (AvgIpc) is 2.86. The van der Waals surface area contributed by atoms with Crippen molar-refractivity contribution in [3.63, 3.8) is 0 Å². The number of aryl methyl sites for hydroxylation is 1. The Morgan fingerprint density at radius 3 is 2.70 bits per heavy atom. The lowest BCUT2D eigenvalue weighted by molar-refractivity contribution is 0.0785. The van der Waals surface area contributed by atoms with Crippen LogP contribution in [0.3, 0.4) is 0 Å². The predicted octanol–water partition coefficient (Wildman–Crippen LogP) is 1.80. The van der Waals surface area contributed by atoms with Crippen molar-refractivity contribution >= 4 is 11.6 Å². The van der Waals surface area contributed by atoms with Crippen LogP contribution in [0.5, 0.6) is 0 Å². The van der Waals surface area contributed by atoms with Gasteiger partial charge in [0.2, 0.25) is 0 Å². The number of nitrogen functional groups attached to an aromatic ring is 1. The van der Waals surface area contributed by atoms with Crippen LogP contribution in [0.1, 0.15) is 23.0 Å². The van der Waals surface area contributed by atoms with Gasteiger partial charge in [-0.15, -0.1) is 0 Å². The molecule has 0 atom stereocenters. The maximum atomic E-state index is 12.4. The molecule has 0 saturated carbocycles. The first-order chi connectivity index (χ1) is 9.63. The van der Waals surface area contributed by atoms with Crippen molar-refractivity contribution in [2.24, 2.45) is 0 Å². The van der Waals surface area contributed by atoms with E-state index in [1.165, 1.54) is 11.8 Å². The van der Waals surface area contributed by atoms with E-state index in [0.29, 0.717) is 24.5 Å². The van der Waals surface area contributed by atoms with E-state index in [9.17, 15) is 4.79 Å². The van der Waals surface area contributed by atoms with Crippen LogP contribution in [-0.4, -0.2) is 34.2 Å². The molecule has 5 heteroatoms. The second-order valence-corrected chi connectivity index (χ2v) is 4.73. The van der Waals surface area contributed by atoms with E-state index in [2.05, 4.69) is 17.2 Å². The first-order valence-electron chi connectivity index (χ1n) is 6.74. The van der Waals surface area contributed by atoms with Gasteiger partial charge in [0, 0.05) is 20.1 Å². The summed E-state index contributed by atoms with van der Waals surface area (Å²) in [6.07, 6.45) is 2.35. The van der Waals surface area contributed by atoms with Gasteiger partial charge in [0.15, 0.2) is 0 Å². The van der Waals surface area contributed by atoms with Crippen LogP contribution in [0.25, 0.3) is 0 Å². The van der Waals surface area contributed by atoms with Gasteiger partial charge < -0.3 is 10.6 Å². The van der Waals surface area contributed by atoms with Crippen LogP contribution in [0.4, 0.5) is 5.69 Å². The van der Waals surface area contributed by atoms with E-state index < -0.39 is 0 Å². The fraction of sp³-hybridized carbons (Fsp3) is 0.333. The standard InChI is InChI=1S/C15H20N4O/c1-3-19-14(13(16)11-17-19)15(20)18(2)10-9-12-7-5-4-6-8-12/h4-8,11H,3,9-10,16H2,1-2H3. The molecule has 1 aromatic heterocycles. The van der Waals surface area contributed by atoms with Gasteiger partial charge in [-0.05, 0) is 18.9 Å². The van der Waals surface area contributed by atoms with Crippen molar-refractivity contribution < 1.29 is 4.79 Å². The first kappa shape index (κ1) is 14.1. The molecule has 0 unspecified atom stereocenters. The van der Waals surface area contributed by atoms with E-state index in [0.717, 1.165) is 6.42 Å². The maximum Gasteiger partial charge on any atom is 0.274 e. The van der Waals surface area contributed by atoms with Crippen LogP contribution in [0.2, 0.25) is 0 Å². The van der Waals surface area contributed by atoms with Crippen LogP contribution in [0.15, 0.2) is 36.5 Å². The SMILES string of the molecule is CCn1ncc(N)c1C(=O)N(C)CCc1ccccc1. The Balaban J connectivity index is 2.03. The van der Waals surface area contributed by atoms with Crippen molar-refractivity contribution in [3.05, 3.63) is 47.8 Å². The molecular formula is C15H20N4O. The summed E-state index contributed by atoms with van der Waals surface area (Å²) in [5.74, 6) is -0.0854. The third-order valence-electron chi connectivity index (χ3n) is 3.30. The summed E-state index contributed by atoms with van der Waals surface area (Å²) >= 11 is 0. The molecule has 0 fully saturated rings. The van der Waals surface area contributed by atoms with Crippen LogP contribution in [0, 0.1) is 0 Å². The largest absolute Gasteiger partial charge is 0.396 e. The minimum atomic E-state index is -0.0854. The molecule has 0 spiro atoms. The third kappa shape index (κ3) is 2.99. The van der Waals surface area contributed by atoms with Crippen molar-refractivity contribution in [1.29, 1.82) is 0 Å². The molecule has 2 N–H and O–H groups in total. The molecule has 0 aliphatic heterocycles. The van der Waals surface area contributed by atoms with Gasteiger partial charge >= 0.3 is 0 Å². The van der Waals surface area contributed by atoms with Crippen LogP contribution < -0.4 is 5.73 Å². The van der Waals surface area contributed by atoms with E-state index in [1.54, 1.807) is 16.6 Å². The molecule has 5 nitrogen and oxygen atoms in total. The lowest BCUT2D eigenvalue weighted by Gasteiger charge is -2.18. The Bertz CT molecular complexity index is 577. The Morgan fingerprint density at radius 2 is 2.05 bits per heavy atom. The molecule has 0 aliphatic rings. The van der Waals surface area contributed by atoms with Gasteiger partial charge in [0.25, 0.3) is 5.91 Å². The number of hydrogen-bond acceptors (Lipinski definition) is 3. The fourth-order valence-electron chi connectivity index (χ4n) is 2.10. The Kier molecular flexibility index (Phi) is 4.40. The predicted molar refractivity (Wildman–Crippen MR) is 79.4 cm³/mol. The normalized spacial score (nSPS) is 10.5. The number of nitrogens with zero attached hydrogens (tertiary/aromatic N) is 3. The first-order valence-corrected chi connectivity index (χ1v) is 6.74.